The van der Waals surface area contributed by atoms with Gasteiger partial charge in [0, 0.05) is 31.7 Å². The number of H-pyrrole nitrogens is 1. The van der Waals surface area contributed by atoms with Crippen molar-refractivity contribution in [3.8, 4) is 0 Å². The number of aliphatic hydroxyl groups is 1. The fraction of sp³-hybridized carbons (Fsp3) is 0.381. The van der Waals surface area contributed by atoms with Gasteiger partial charge < -0.3 is 15.0 Å². The maximum absolute atomic E-state index is 13.0. The maximum Gasteiger partial charge on any atom is 0.265 e. The molecule has 1 unspecified atom stereocenters. The molecule has 1 atom stereocenters. The molecule has 1 aromatic carbocycles. The van der Waals surface area contributed by atoms with Crippen molar-refractivity contribution in [1.82, 2.24) is 24.3 Å². The lowest BCUT2D eigenvalue weighted by Gasteiger charge is -2.30. The first-order chi connectivity index (χ1) is 14.1. The third-order valence-corrected chi connectivity index (χ3v) is 6.85. The molecule has 3 heterocycles. The number of aromatic amines is 1. The number of aromatic nitrogens is 4. The summed E-state index contributed by atoms with van der Waals surface area (Å²) in [5, 5.41) is 10.5. The quantitative estimate of drug-likeness (QED) is 0.445. The summed E-state index contributed by atoms with van der Waals surface area (Å²) in [7, 11) is 1.92. The van der Waals surface area contributed by atoms with Crippen LogP contribution in [0.5, 0.6) is 0 Å². The molecule has 5 rings (SSSR count). The SMILES string of the molecule is CN(C(=O)c1cn2c(nc3cc(C(O)c4ncc[nH]4)ccc32)s1)C1CCCCC1.Cl.Cl. The standard InChI is InChI=1S/C21H23N5O2S.2ClH/c1-25(14-5-3-2-4-6-14)20(28)17-12-26-16-8-7-13(11-15(16)24-21(26)29-17)18(27)19-22-9-10-23-19;;/h7-12,14,18,27H,2-6H2,1H3,(H,22,23);2*1H. The molecule has 0 spiro atoms. The molecular weight excluding hydrogens is 457 g/mol. The van der Waals surface area contributed by atoms with Gasteiger partial charge in [0.15, 0.2) is 4.96 Å². The zero-order chi connectivity index (χ0) is 20.0. The second kappa shape index (κ2) is 9.56. The summed E-state index contributed by atoms with van der Waals surface area (Å²) < 4.78 is 1.96. The molecule has 10 heteroatoms. The monoisotopic (exact) mass is 481 g/mol. The molecule has 0 saturated heterocycles. The summed E-state index contributed by atoms with van der Waals surface area (Å²) >= 11 is 1.42. The number of imidazole rings is 2. The van der Waals surface area contributed by atoms with E-state index >= 15 is 0 Å². The molecule has 166 valence electrons. The molecule has 7 nitrogen and oxygen atoms in total. The van der Waals surface area contributed by atoms with E-state index in [0.717, 1.165) is 34.4 Å². The molecule has 0 bridgehead atoms. The van der Waals surface area contributed by atoms with Crippen LogP contribution in [0.25, 0.3) is 16.0 Å². The van der Waals surface area contributed by atoms with Gasteiger partial charge in [-0.15, -0.1) is 24.8 Å². The number of nitrogens with zero attached hydrogens (tertiary/aromatic N) is 4. The van der Waals surface area contributed by atoms with Gasteiger partial charge in [0.05, 0.1) is 11.0 Å². The van der Waals surface area contributed by atoms with Crippen LogP contribution in [0.4, 0.5) is 0 Å². The minimum atomic E-state index is -0.824. The first kappa shape index (κ1) is 23.5. The van der Waals surface area contributed by atoms with Gasteiger partial charge in [0.2, 0.25) is 0 Å². The third-order valence-electron chi connectivity index (χ3n) is 5.88. The third kappa shape index (κ3) is 4.30. The predicted molar refractivity (Wildman–Crippen MR) is 127 cm³/mol. The smallest absolute Gasteiger partial charge is 0.265 e. The fourth-order valence-electron chi connectivity index (χ4n) is 4.19. The summed E-state index contributed by atoms with van der Waals surface area (Å²) in [6.45, 7) is 0. The number of hydrogen-bond donors (Lipinski definition) is 2. The summed E-state index contributed by atoms with van der Waals surface area (Å²) in [6.07, 6.45) is 10.2. The molecule has 1 aliphatic carbocycles. The highest BCUT2D eigenvalue weighted by molar-refractivity contribution is 7.18. The van der Waals surface area contributed by atoms with E-state index in [1.807, 2.05) is 40.7 Å². The highest BCUT2D eigenvalue weighted by atomic mass is 35.5. The van der Waals surface area contributed by atoms with Crippen LogP contribution < -0.4 is 0 Å². The van der Waals surface area contributed by atoms with E-state index in [4.69, 9.17) is 0 Å². The van der Waals surface area contributed by atoms with Gasteiger partial charge in [0.1, 0.15) is 16.8 Å². The van der Waals surface area contributed by atoms with Crippen molar-refractivity contribution in [2.45, 2.75) is 44.2 Å². The Hall–Kier alpha value is -2.13. The molecular formula is C21H25Cl2N5O2S. The second-order valence-corrected chi connectivity index (χ2v) is 8.70. The minimum Gasteiger partial charge on any atom is -0.380 e. The van der Waals surface area contributed by atoms with Gasteiger partial charge in [-0.05, 0) is 30.5 Å². The van der Waals surface area contributed by atoms with Crippen LogP contribution in [-0.2, 0) is 0 Å². The van der Waals surface area contributed by atoms with E-state index in [2.05, 4.69) is 15.0 Å². The Morgan fingerprint density at radius 1 is 1.29 bits per heavy atom. The molecule has 0 radical (unpaired) electrons. The molecule has 1 aliphatic rings. The Morgan fingerprint density at radius 3 is 2.77 bits per heavy atom. The Labute approximate surface area is 196 Å². The molecule has 1 saturated carbocycles. The normalized spacial score (nSPS) is 15.4. The van der Waals surface area contributed by atoms with Gasteiger partial charge in [0.25, 0.3) is 5.91 Å². The molecule has 1 amide bonds. The Balaban J connectivity index is 0.00000136. The number of fused-ring (bicyclic) bond motifs is 3. The van der Waals surface area contributed by atoms with Crippen LogP contribution in [0.2, 0.25) is 0 Å². The van der Waals surface area contributed by atoms with Crippen molar-refractivity contribution in [2.24, 2.45) is 0 Å². The predicted octanol–water partition coefficient (Wildman–Crippen LogP) is 4.60. The fourth-order valence-corrected chi connectivity index (χ4v) is 5.17. The Morgan fingerprint density at radius 2 is 2.06 bits per heavy atom. The van der Waals surface area contributed by atoms with Crippen LogP contribution in [0.15, 0.2) is 36.8 Å². The van der Waals surface area contributed by atoms with Gasteiger partial charge in [-0.25, -0.2) is 9.97 Å². The van der Waals surface area contributed by atoms with Crippen molar-refractivity contribution < 1.29 is 9.90 Å². The van der Waals surface area contributed by atoms with Gasteiger partial charge in [-0.3, -0.25) is 9.20 Å². The molecule has 31 heavy (non-hydrogen) atoms. The number of benzene rings is 1. The number of amides is 1. The lowest BCUT2D eigenvalue weighted by molar-refractivity contribution is 0.0701. The van der Waals surface area contributed by atoms with E-state index in [9.17, 15) is 9.90 Å². The van der Waals surface area contributed by atoms with Crippen LogP contribution in [0.3, 0.4) is 0 Å². The average Bonchev–Trinajstić information content (AvgIpc) is 3.48. The first-order valence-corrected chi connectivity index (χ1v) is 10.8. The summed E-state index contributed by atoms with van der Waals surface area (Å²) in [6, 6.07) is 6.02. The number of carbonyl (C=O) groups excluding carboxylic acids is 1. The number of rotatable bonds is 4. The minimum absolute atomic E-state index is 0. The van der Waals surface area contributed by atoms with Crippen molar-refractivity contribution in [3.05, 3.63) is 53.1 Å². The number of thiazole rings is 1. The van der Waals surface area contributed by atoms with E-state index in [1.54, 1.807) is 12.4 Å². The van der Waals surface area contributed by atoms with Crippen LogP contribution in [0.1, 0.15) is 59.3 Å². The van der Waals surface area contributed by atoms with Crippen LogP contribution in [0, 0.1) is 0 Å². The van der Waals surface area contributed by atoms with Crippen molar-refractivity contribution in [1.29, 1.82) is 0 Å². The summed E-state index contributed by atoms with van der Waals surface area (Å²) in [5.41, 5.74) is 2.44. The molecule has 1 fully saturated rings. The highest BCUT2D eigenvalue weighted by Gasteiger charge is 2.25. The lowest BCUT2D eigenvalue weighted by Crippen LogP contribution is -2.37. The Bertz CT molecular complexity index is 1170. The van der Waals surface area contributed by atoms with Crippen LogP contribution >= 0.6 is 36.2 Å². The van der Waals surface area contributed by atoms with Crippen molar-refractivity contribution >= 4 is 58.1 Å². The van der Waals surface area contributed by atoms with Crippen LogP contribution in [-0.4, -0.2) is 48.4 Å². The van der Waals surface area contributed by atoms with Gasteiger partial charge >= 0.3 is 0 Å². The van der Waals surface area contributed by atoms with Crippen molar-refractivity contribution in [3.63, 3.8) is 0 Å². The number of hydrogen-bond acceptors (Lipinski definition) is 5. The molecule has 2 N–H and O–H groups in total. The largest absolute Gasteiger partial charge is 0.380 e. The van der Waals surface area contributed by atoms with Gasteiger partial charge in [-0.1, -0.05) is 36.7 Å². The number of aliphatic hydroxyl groups excluding tert-OH is 1. The van der Waals surface area contributed by atoms with E-state index < -0.39 is 6.10 Å². The second-order valence-electron chi connectivity index (χ2n) is 7.69. The van der Waals surface area contributed by atoms with Crippen molar-refractivity contribution in [2.75, 3.05) is 7.05 Å². The summed E-state index contributed by atoms with van der Waals surface area (Å²) in [4.78, 5) is 28.1. The number of nitrogens with one attached hydrogen (secondary N) is 1. The van der Waals surface area contributed by atoms with Gasteiger partial charge in [-0.2, -0.15) is 0 Å². The van der Waals surface area contributed by atoms with E-state index in [0.29, 0.717) is 16.7 Å². The zero-order valence-electron chi connectivity index (χ0n) is 17.0. The van der Waals surface area contributed by atoms with E-state index in [1.165, 1.54) is 30.6 Å². The molecule has 0 aliphatic heterocycles. The lowest BCUT2D eigenvalue weighted by atomic mass is 9.94. The molecule has 4 aromatic rings. The molecule has 3 aromatic heterocycles. The number of carbonyl (C=O) groups is 1. The topological polar surface area (TPSA) is 86.5 Å². The number of halogens is 2. The summed E-state index contributed by atoms with van der Waals surface area (Å²) in [5.74, 6) is 0.578. The maximum atomic E-state index is 13.0. The Kier molecular flexibility index (Phi) is 7.26. The first-order valence-electron chi connectivity index (χ1n) is 9.98. The average molecular weight is 482 g/mol. The highest BCUT2D eigenvalue weighted by Crippen LogP contribution is 2.29. The van der Waals surface area contributed by atoms with E-state index in [-0.39, 0.29) is 30.7 Å². The zero-order valence-corrected chi connectivity index (χ0v) is 19.5.